The van der Waals surface area contributed by atoms with E-state index in [1.165, 1.54) is 23.9 Å². The van der Waals surface area contributed by atoms with Crippen molar-refractivity contribution in [3.8, 4) is 5.75 Å². The first kappa shape index (κ1) is 15.6. The molecule has 1 aliphatic heterocycles. The molecule has 0 aromatic heterocycles. The smallest absolute Gasteiger partial charge is 0.239 e. The van der Waals surface area contributed by atoms with Crippen molar-refractivity contribution < 1.29 is 13.9 Å². The second-order valence-electron chi connectivity index (χ2n) is 5.04. The van der Waals surface area contributed by atoms with E-state index in [4.69, 9.17) is 4.74 Å². The van der Waals surface area contributed by atoms with Crippen LogP contribution in [0.4, 0.5) is 10.1 Å². The summed E-state index contributed by atoms with van der Waals surface area (Å²) in [5.74, 6) is 0.414. The van der Waals surface area contributed by atoms with Crippen molar-refractivity contribution in [3.63, 3.8) is 0 Å². The fourth-order valence-corrected chi connectivity index (χ4v) is 3.23. The number of thioether (sulfide) groups is 1. The number of carbonyl (C=O) groups is 1. The monoisotopic (exact) mass is 330 g/mol. The maximum atomic E-state index is 12.9. The third-order valence-corrected chi connectivity index (χ3v) is 4.50. The van der Waals surface area contributed by atoms with Crippen molar-refractivity contribution in [2.75, 3.05) is 7.11 Å². The van der Waals surface area contributed by atoms with Gasteiger partial charge < -0.3 is 10.1 Å². The van der Waals surface area contributed by atoms with Gasteiger partial charge in [0.25, 0.3) is 0 Å². The summed E-state index contributed by atoms with van der Waals surface area (Å²) in [7, 11) is 1.62. The van der Waals surface area contributed by atoms with E-state index in [0.29, 0.717) is 17.3 Å². The molecular weight excluding hydrogens is 315 g/mol. The van der Waals surface area contributed by atoms with Gasteiger partial charge in [-0.2, -0.15) is 0 Å². The lowest BCUT2D eigenvalue weighted by molar-refractivity contribution is -0.118. The summed E-state index contributed by atoms with van der Waals surface area (Å²) in [6, 6.07) is 13.5. The molecule has 0 saturated carbocycles. The minimum Gasteiger partial charge on any atom is -0.497 e. The first-order valence-corrected chi connectivity index (χ1v) is 7.97. The standard InChI is InChI=1S/C17H15FN2O2S/c1-22-14-8-2-11(3-9-14)10-15-16(21)20-17(23-15)19-13-6-4-12(18)5-7-13/h2-9,15H,10H2,1H3,(H,19,20,21)/t15-/m0/s1. The molecule has 3 rings (SSSR count). The predicted octanol–water partition coefficient (Wildman–Crippen LogP) is 3.30. The Hall–Kier alpha value is -2.34. The van der Waals surface area contributed by atoms with Crippen LogP contribution >= 0.6 is 11.8 Å². The van der Waals surface area contributed by atoms with Crippen molar-refractivity contribution in [2.24, 2.45) is 4.99 Å². The number of hydrogen-bond acceptors (Lipinski definition) is 4. The van der Waals surface area contributed by atoms with Crippen molar-refractivity contribution in [3.05, 3.63) is 59.9 Å². The molecule has 6 heteroatoms. The van der Waals surface area contributed by atoms with Crippen molar-refractivity contribution >= 4 is 28.5 Å². The van der Waals surface area contributed by atoms with E-state index in [1.54, 1.807) is 19.2 Å². The Balaban J connectivity index is 1.68. The third kappa shape index (κ3) is 3.90. The first-order valence-electron chi connectivity index (χ1n) is 7.09. The van der Waals surface area contributed by atoms with Gasteiger partial charge in [-0.25, -0.2) is 9.38 Å². The van der Waals surface area contributed by atoms with E-state index in [1.807, 2.05) is 24.3 Å². The summed E-state index contributed by atoms with van der Waals surface area (Å²) < 4.78 is 18.0. The number of benzene rings is 2. The summed E-state index contributed by atoms with van der Waals surface area (Å²) in [6.07, 6.45) is 0.614. The summed E-state index contributed by atoms with van der Waals surface area (Å²) >= 11 is 1.39. The van der Waals surface area contributed by atoms with Crippen LogP contribution in [-0.4, -0.2) is 23.4 Å². The Morgan fingerprint density at radius 3 is 2.52 bits per heavy atom. The van der Waals surface area contributed by atoms with Crippen LogP contribution in [0.25, 0.3) is 0 Å². The van der Waals surface area contributed by atoms with Crippen LogP contribution in [0.5, 0.6) is 5.75 Å². The number of aliphatic imine (C=N–C) groups is 1. The average Bonchev–Trinajstić information content (AvgIpc) is 2.90. The van der Waals surface area contributed by atoms with E-state index in [2.05, 4.69) is 10.3 Å². The van der Waals surface area contributed by atoms with Gasteiger partial charge in [0.05, 0.1) is 18.0 Å². The van der Waals surface area contributed by atoms with Crippen LogP contribution in [0.1, 0.15) is 5.56 Å². The van der Waals surface area contributed by atoms with Crippen molar-refractivity contribution in [2.45, 2.75) is 11.7 Å². The predicted molar refractivity (Wildman–Crippen MR) is 89.7 cm³/mol. The second kappa shape index (κ2) is 6.83. The number of amidine groups is 1. The van der Waals surface area contributed by atoms with Gasteiger partial charge in [-0.3, -0.25) is 4.79 Å². The number of rotatable bonds is 4. The molecule has 1 N–H and O–H groups in total. The molecule has 0 bridgehead atoms. The molecule has 1 fully saturated rings. The molecule has 0 unspecified atom stereocenters. The van der Waals surface area contributed by atoms with E-state index in [-0.39, 0.29) is 17.0 Å². The van der Waals surface area contributed by atoms with Gasteiger partial charge in [-0.1, -0.05) is 23.9 Å². The number of halogens is 1. The maximum absolute atomic E-state index is 12.9. The molecular formula is C17H15FN2O2S. The summed E-state index contributed by atoms with van der Waals surface area (Å²) in [4.78, 5) is 16.4. The SMILES string of the molecule is COc1ccc(C[C@@H]2SC(=Nc3ccc(F)cc3)NC2=O)cc1. The Kier molecular flexibility index (Phi) is 4.62. The molecule has 1 amide bonds. The van der Waals surface area contributed by atoms with Crippen molar-refractivity contribution in [1.82, 2.24) is 5.32 Å². The van der Waals surface area contributed by atoms with Crippen LogP contribution in [0, 0.1) is 5.82 Å². The first-order chi connectivity index (χ1) is 11.1. The largest absolute Gasteiger partial charge is 0.497 e. The summed E-state index contributed by atoms with van der Waals surface area (Å²) in [6.45, 7) is 0. The zero-order valence-electron chi connectivity index (χ0n) is 12.5. The number of nitrogens with zero attached hydrogens (tertiary/aromatic N) is 1. The van der Waals surface area contributed by atoms with E-state index < -0.39 is 0 Å². The number of ether oxygens (including phenoxy) is 1. The third-order valence-electron chi connectivity index (χ3n) is 3.41. The molecule has 0 radical (unpaired) electrons. The molecule has 1 saturated heterocycles. The highest BCUT2D eigenvalue weighted by Gasteiger charge is 2.30. The Labute approximate surface area is 137 Å². The van der Waals surface area contributed by atoms with Gasteiger partial charge in [0.2, 0.25) is 5.91 Å². The van der Waals surface area contributed by atoms with Crippen LogP contribution in [0.15, 0.2) is 53.5 Å². The summed E-state index contributed by atoms with van der Waals surface area (Å²) in [5.41, 5.74) is 1.67. The normalized spacial score (nSPS) is 19.0. The van der Waals surface area contributed by atoms with E-state index in [9.17, 15) is 9.18 Å². The molecule has 118 valence electrons. The van der Waals surface area contributed by atoms with Crippen LogP contribution in [0.2, 0.25) is 0 Å². The lowest BCUT2D eigenvalue weighted by Crippen LogP contribution is -2.25. The quantitative estimate of drug-likeness (QED) is 0.936. The number of methoxy groups -OCH3 is 1. The van der Waals surface area contributed by atoms with Crippen LogP contribution < -0.4 is 10.1 Å². The topological polar surface area (TPSA) is 50.7 Å². The lowest BCUT2D eigenvalue weighted by atomic mass is 10.1. The molecule has 2 aromatic rings. The van der Waals surface area contributed by atoms with Gasteiger partial charge in [-0.15, -0.1) is 0 Å². The zero-order chi connectivity index (χ0) is 16.2. The Morgan fingerprint density at radius 2 is 1.87 bits per heavy atom. The molecule has 23 heavy (non-hydrogen) atoms. The molecule has 2 aromatic carbocycles. The number of nitrogens with one attached hydrogen (secondary N) is 1. The van der Waals surface area contributed by atoms with E-state index in [0.717, 1.165) is 11.3 Å². The number of hydrogen-bond donors (Lipinski definition) is 1. The number of carbonyl (C=O) groups excluding carboxylic acids is 1. The lowest BCUT2D eigenvalue weighted by Gasteiger charge is -2.06. The highest BCUT2D eigenvalue weighted by atomic mass is 32.2. The highest BCUT2D eigenvalue weighted by molar-refractivity contribution is 8.15. The van der Waals surface area contributed by atoms with Gasteiger partial charge in [0.15, 0.2) is 5.17 Å². The average molecular weight is 330 g/mol. The highest BCUT2D eigenvalue weighted by Crippen LogP contribution is 2.26. The van der Waals surface area contributed by atoms with Crippen LogP contribution in [0.3, 0.4) is 0 Å². The molecule has 1 aliphatic rings. The minimum absolute atomic E-state index is 0.0633. The zero-order valence-corrected chi connectivity index (χ0v) is 13.3. The van der Waals surface area contributed by atoms with Gasteiger partial charge in [0, 0.05) is 0 Å². The Bertz CT molecular complexity index is 729. The second-order valence-corrected chi connectivity index (χ2v) is 6.23. The molecule has 0 spiro atoms. The van der Waals surface area contributed by atoms with Gasteiger partial charge in [0.1, 0.15) is 11.6 Å². The fraction of sp³-hybridized carbons (Fsp3) is 0.176. The molecule has 1 heterocycles. The molecule has 0 aliphatic carbocycles. The van der Waals surface area contributed by atoms with Gasteiger partial charge in [-0.05, 0) is 48.4 Å². The molecule has 1 atom stereocenters. The molecule has 4 nitrogen and oxygen atoms in total. The Morgan fingerprint density at radius 1 is 1.17 bits per heavy atom. The maximum Gasteiger partial charge on any atom is 0.239 e. The van der Waals surface area contributed by atoms with Crippen LogP contribution in [-0.2, 0) is 11.2 Å². The summed E-state index contributed by atoms with van der Waals surface area (Å²) in [5, 5.41) is 3.09. The van der Waals surface area contributed by atoms with Gasteiger partial charge >= 0.3 is 0 Å². The van der Waals surface area contributed by atoms with E-state index >= 15 is 0 Å². The van der Waals surface area contributed by atoms with Crippen molar-refractivity contribution in [1.29, 1.82) is 0 Å². The fourth-order valence-electron chi connectivity index (χ4n) is 2.20. The minimum atomic E-state index is -0.311. The number of amides is 1.